The summed E-state index contributed by atoms with van der Waals surface area (Å²) in [5.74, 6) is 0.355. The van der Waals surface area contributed by atoms with Crippen LogP contribution in [0.15, 0.2) is 48.7 Å². The molecule has 0 bridgehead atoms. The molecule has 3 aromatic rings. The summed E-state index contributed by atoms with van der Waals surface area (Å²) in [7, 11) is 1.67. The number of amides is 1. The number of aromatic nitrogens is 1. The van der Waals surface area contributed by atoms with Crippen LogP contribution >= 0.6 is 34.8 Å². The summed E-state index contributed by atoms with van der Waals surface area (Å²) < 4.78 is 11.4. The van der Waals surface area contributed by atoms with E-state index in [1.165, 1.54) is 0 Å². The average Bonchev–Trinajstić information content (AvgIpc) is 3.73. The number of ether oxygens (including phenoxy) is 2. The van der Waals surface area contributed by atoms with Crippen LogP contribution in [0, 0.1) is 24.2 Å². The molecule has 5 rings (SSSR count). The van der Waals surface area contributed by atoms with Gasteiger partial charge in [0.15, 0.2) is 5.75 Å². The Hall–Kier alpha value is -3.02. The molecule has 1 amide bonds. The van der Waals surface area contributed by atoms with Crippen molar-refractivity contribution >= 4 is 46.5 Å². The zero-order chi connectivity index (χ0) is 30.5. The number of halogens is 3. The van der Waals surface area contributed by atoms with Gasteiger partial charge in [-0.1, -0.05) is 53.0 Å². The first-order valence-electron chi connectivity index (χ1n) is 14.5. The Labute approximate surface area is 268 Å². The van der Waals surface area contributed by atoms with Crippen LogP contribution in [-0.2, 0) is 28.9 Å². The third kappa shape index (κ3) is 7.93. The van der Waals surface area contributed by atoms with Crippen LogP contribution in [0.1, 0.15) is 41.5 Å². The van der Waals surface area contributed by atoms with Crippen molar-refractivity contribution < 1.29 is 14.3 Å². The van der Waals surface area contributed by atoms with Gasteiger partial charge in [-0.25, -0.2) is 4.98 Å². The third-order valence-corrected chi connectivity index (χ3v) is 8.85. The lowest BCUT2D eigenvalue weighted by Crippen LogP contribution is -2.38. The number of benzene rings is 2. The Balaban J connectivity index is 1.20. The van der Waals surface area contributed by atoms with Crippen molar-refractivity contribution in [1.29, 1.82) is 5.26 Å². The Kier molecular flexibility index (Phi) is 10.4. The molecule has 7 nitrogen and oxygen atoms in total. The second-order valence-corrected chi connectivity index (χ2v) is 12.5. The molecule has 10 heteroatoms. The minimum atomic E-state index is -0.808. The van der Waals surface area contributed by atoms with E-state index in [1.807, 2.05) is 54.3 Å². The summed E-state index contributed by atoms with van der Waals surface area (Å²) in [5, 5.41) is 11.6. The number of hydrogen-bond donors (Lipinski definition) is 0. The van der Waals surface area contributed by atoms with E-state index in [-0.39, 0.29) is 18.1 Å². The van der Waals surface area contributed by atoms with Crippen molar-refractivity contribution in [3.05, 3.63) is 86.0 Å². The molecule has 2 heterocycles. The molecule has 2 aliphatic rings. The van der Waals surface area contributed by atoms with Crippen molar-refractivity contribution in [3.8, 4) is 11.8 Å². The molecule has 1 aliphatic carbocycles. The maximum absolute atomic E-state index is 13.6. The molecule has 43 heavy (non-hydrogen) atoms. The van der Waals surface area contributed by atoms with Crippen molar-refractivity contribution in [2.24, 2.45) is 5.92 Å². The molecule has 1 aliphatic heterocycles. The van der Waals surface area contributed by atoms with E-state index in [9.17, 15) is 10.1 Å². The van der Waals surface area contributed by atoms with Gasteiger partial charge in [-0.15, -0.1) is 0 Å². The molecule has 1 aromatic heterocycles. The minimum Gasteiger partial charge on any atom is -0.485 e. The quantitative estimate of drug-likeness (QED) is 0.211. The highest BCUT2D eigenvalue weighted by atomic mass is 35.5. The molecule has 2 fully saturated rings. The Morgan fingerprint density at radius 1 is 1.09 bits per heavy atom. The van der Waals surface area contributed by atoms with Crippen molar-refractivity contribution in [3.63, 3.8) is 0 Å². The molecular formula is C33H35Cl3N4O3. The normalized spacial score (nSPS) is 17.0. The zero-order valence-electron chi connectivity index (χ0n) is 24.4. The lowest BCUT2D eigenvalue weighted by molar-refractivity contribution is -0.135. The summed E-state index contributed by atoms with van der Waals surface area (Å²) in [6.07, 6.45) is 5.43. The second kappa shape index (κ2) is 14.2. The average molecular weight is 642 g/mol. The first kappa shape index (κ1) is 31.4. The summed E-state index contributed by atoms with van der Waals surface area (Å²) in [6.45, 7) is 4.36. The molecule has 0 unspecified atom stereocenters. The number of methoxy groups -OCH3 is 1. The summed E-state index contributed by atoms with van der Waals surface area (Å²) >= 11 is 19.3. The number of carbonyl (C=O) groups excluding carboxylic acids is 1. The fourth-order valence-electron chi connectivity index (χ4n) is 5.43. The fraction of sp³-hybridized carbons (Fsp3) is 0.424. The van der Waals surface area contributed by atoms with Crippen LogP contribution in [0.2, 0.25) is 15.1 Å². The number of carbonyl (C=O) groups is 1. The first-order chi connectivity index (χ1) is 20.7. The van der Waals surface area contributed by atoms with Gasteiger partial charge in [0.25, 0.3) is 0 Å². The van der Waals surface area contributed by atoms with Gasteiger partial charge < -0.3 is 19.3 Å². The Bertz CT molecular complexity index is 1470. The Morgan fingerprint density at radius 2 is 1.84 bits per heavy atom. The number of pyridine rings is 1. The number of hydrogen-bond acceptors (Lipinski definition) is 6. The van der Waals surface area contributed by atoms with E-state index in [2.05, 4.69) is 16.0 Å². The minimum absolute atomic E-state index is 0.0673. The van der Waals surface area contributed by atoms with Crippen molar-refractivity contribution in [2.45, 2.75) is 57.7 Å². The highest BCUT2D eigenvalue weighted by Gasteiger charge is 2.36. The molecule has 2 aromatic carbocycles. The van der Waals surface area contributed by atoms with E-state index < -0.39 is 5.92 Å². The molecule has 1 saturated heterocycles. The summed E-state index contributed by atoms with van der Waals surface area (Å²) in [4.78, 5) is 22.3. The zero-order valence-corrected chi connectivity index (χ0v) is 26.6. The van der Waals surface area contributed by atoms with E-state index in [4.69, 9.17) is 44.3 Å². The predicted octanol–water partition coefficient (Wildman–Crippen LogP) is 7.07. The van der Waals surface area contributed by atoms with Gasteiger partial charge in [0.1, 0.15) is 17.8 Å². The fourth-order valence-corrected chi connectivity index (χ4v) is 6.29. The molecule has 2 atom stereocenters. The highest BCUT2D eigenvalue weighted by molar-refractivity contribution is 6.37. The number of nitriles is 1. The maximum Gasteiger partial charge on any atom is 0.240 e. The number of rotatable bonds is 12. The smallest absolute Gasteiger partial charge is 0.240 e. The monoisotopic (exact) mass is 640 g/mol. The van der Waals surface area contributed by atoms with Gasteiger partial charge in [0.2, 0.25) is 5.91 Å². The molecule has 0 spiro atoms. The van der Waals surface area contributed by atoms with Crippen molar-refractivity contribution in [1.82, 2.24) is 9.88 Å². The van der Waals surface area contributed by atoms with Gasteiger partial charge in [-0.05, 0) is 79.1 Å². The SMILES string of the molecule is COCCc1ccc(Cl)c(CN(C(=O)[C@H](C#N)Cc2ccc(N3CC[C@@H](Oc4c(Cl)cc(C)cc4Cl)C3)nc2)C2CC2)c1. The van der Waals surface area contributed by atoms with E-state index in [1.54, 1.807) is 13.3 Å². The van der Waals surface area contributed by atoms with Gasteiger partial charge in [0, 0.05) is 43.9 Å². The summed E-state index contributed by atoms with van der Waals surface area (Å²) in [6, 6.07) is 15.8. The third-order valence-electron chi connectivity index (χ3n) is 7.92. The first-order valence-corrected chi connectivity index (χ1v) is 15.7. The lowest BCUT2D eigenvalue weighted by atomic mass is 9.99. The standard InChI is InChI=1S/C33H35Cl3N4O3/c1-21-13-29(35)32(30(36)14-21)43-27-9-11-39(20-27)31-8-4-23(18-38-31)16-24(17-37)33(41)40(26-5-6-26)19-25-15-22(10-12-42-2)3-7-28(25)34/h3-4,7-8,13-15,18,24,26-27H,5-6,9-12,16,19-20H2,1-2H3/t24-,27+/m0/s1. The van der Waals surface area contributed by atoms with Crippen molar-refractivity contribution in [2.75, 3.05) is 31.7 Å². The number of aryl methyl sites for hydroxylation is 1. The molecular weight excluding hydrogens is 607 g/mol. The van der Waals surface area contributed by atoms with Gasteiger partial charge in [-0.3, -0.25) is 4.79 Å². The van der Waals surface area contributed by atoms with Gasteiger partial charge in [-0.2, -0.15) is 5.26 Å². The van der Waals surface area contributed by atoms with Gasteiger partial charge >= 0.3 is 0 Å². The number of nitrogens with zero attached hydrogens (tertiary/aromatic N) is 4. The predicted molar refractivity (Wildman–Crippen MR) is 170 cm³/mol. The molecule has 0 N–H and O–H groups in total. The van der Waals surface area contributed by atoms with Crippen LogP contribution in [0.3, 0.4) is 0 Å². The van der Waals surface area contributed by atoms with Crippen LogP contribution in [0.5, 0.6) is 5.75 Å². The van der Waals surface area contributed by atoms with E-state index in [0.717, 1.165) is 60.3 Å². The molecule has 1 saturated carbocycles. The van der Waals surface area contributed by atoms with Crippen LogP contribution in [0.25, 0.3) is 0 Å². The Morgan fingerprint density at radius 3 is 2.49 bits per heavy atom. The largest absolute Gasteiger partial charge is 0.485 e. The van der Waals surface area contributed by atoms with Gasteiger partial charge in [0.05, 0.1) is 29.3 Å². The topological polar surface area (TPSA) is 78.7 Å². The molecule has 0 radical (unpaired) electrons. The van der Waals surface area contributed by atoms with Crippen LogP contribution in [0.4, 0.5) is 5.82 Å². The molecule has 226 valence electrons. The van der Waals surface area contributed by atoms with Crippen LogP contribution < -0.4 is 9.64 Å². The van der Waals surface area contributed by atoms with E-state index in [0.29, 0.717) is 46.9 Å². The van der Waals surface area contributed by atoms with Crippen LogP contribution in [-0.4, -0.2) is 54.7 Å². The maximum atomic E-state index is 13.6. The summed E-state index contributed by atoms with van der Waals surface area (Å²) in [5.41, 5.74) is 3.81. The second-order valence-electron chi connectivity index (χ2n) is 11.3. The number of anilines is 1. The lowest BCUT2D eigenvalue weighted by Gasteiger charge is -2.26. The van der Waals surface area contributed by atoms with E-state index >= 15 is 0 Å². The highest BCUT2D eigenvalue weighted by Crippen LogP contribution is 2.36.